The lowest BCUT2D eigenvalue weighted by atomic mass is 10.2. The van der Waals surface area contributed by atoms with Crippen LogP contribution in [0.5, 0.6) is 0 Å². The smallest absolute Gasteiger partial charge is 0.271 e. The van der Waals surface area contributed by atoms with Crippen LogP contribution in [0.25, 0.3) is 0 Å². The molecule has 2 rings (SSSR count). The second kappa shape index (κ2) is 6.18. The van der Waals surface area contributed by atoms with Crippen LogP contribution in [-0.2, 0) is 13.1 Å². The van der Waals surface area contributed by atoms with Crippen molar-refractivity contribution in [3.63, 3.8) is 0 Å². The molecule has 6 heteroatoms. The molecule has 0 aliphatic heterocycles. The molecule has 0 spiro atoms. The van der Waals surface area contributed by atoms with Crippen molar-refractivity contribution in [3.05, 3.63) is 56.4 Å². The quantitative estimate of drug-likeness (QED) is 0.662. The number of nitrogens with zero attached hydrogens (tertiary/aromatic N) is 2. The van der Waals surface area contributed by atoms with Crippen molar-refractivity contribution in [1.82, 2.24) is 4.57 Å². The maximum absolute atomic E-state index is 10.7. The van der Waals surface area contributed by atoms with Crippen LogP contribution in [0.3, 0.4) is 0 Å². The fourth-order valence-corrected chi connectivity index (χ4v) is 2.73. The molecule has 0 saturated heterocycles. The molecule has 2 aromatic rings. The summed E-state index contributed by atoms with van der Waals surface area (Å²) in [7, 11) is 0. The summed E-state index contributed by atoms with van der Waals surface area (Å²) >= 11 is 6.07. The molecule has 0 unspecified atom stereocenters. The van der Waals surface area contributed by atoms with E-state index in [1.807, 2.05) is 0 Å². The van der Waals surface area contributed by atoms with Gasteiger partial charge < -0.3 is 9.88 Å². The van der Waals surface area contributed by atoms with E-state index >= 15 is 0 Å². The van der Waals surface area contributed by atoms with E-state index in [-0.39, 0.29) is 5.69 Å². The molecule has 112 valence electrons. The predicted octanol–water partition coefficient (Wildman–Crippen LogP) is 4.30. The van der Waals surface area contributed by atoms with E-state index < -0.39 is 4.92 Å². The van der Waals surface area contributed by atoms with Crippen LogP contribution in [0.2, 0.25) is 5.02 Å². The molecule has 21 heavy (non-hydrogen) atoms. The number of nitro benzene ring substituents is 1. The normalized spacial score (nSPS) is 10.7. The van der Waals surface area contributed by atoms with Gasteiger partial charge in [-0.25, -0.2) is 0 Å². The van der Waals surface area contributed by atoms with Crippen molar-refractivity contribution < 1.29 is 4.92 Å². The van der Waals surface area contributed by atoms with E-state index in [9.17, 15) is 10.1 Å². The Hall–Kier alpha value is -2.01. The van der Waals surface area contributed by atoms with Gasteiger partial charge in [0.1, 0.15) is 0 Å². The van der Waals surface area contributed by atoms with Crippen molar-refractivity contribution in [2.45, 2.75) is 33.9 Å². The number of rotatable bonds is 5. The van der Waals surface area contributed by atoms with Gasteiger partial charge in [-0.1, -0.05) is 11.6 Å². The van der Waals surface area contributed by atoms with Gasteiger partial charge >= 0.3 is 0 Å². The third kappa shape index (κ3) is 3.19. The van der Waals surface area contributed by atoms with Crippen molar-refractivity contribution in [2.75, 3.05) is 5.32 Å². The Balaban J connectivity index is 2.15. The molecule has 0 saturated carbocycles. The first-order valence-electron chi connectivity index (χ1n) is 6.77. The fraction of sp³-hybridized carbons (Fsp3) is 0.333. The SMILES string of the molecule is CCn1c(C)cc(CNc2ccc([N+](=O)[O-])cc2Cl)c1C. The Bertz CT molecular complexity index is 680. The molecule has 0 atom stereocenters. The van der Waals surface area contributed by atoms with Crippen LogP contribution in [0, 0.1) is 24.0 Å². The first-order chi connectivity index (χ1) is 9.93. The van der Waals surface area contributed by atoms with Crippen LogP contribution in [0.1, 0.15) is 23.9 Å². The lowest BCUT2D eigenvalue weighted by Crippen LogP contribution is -2.03. The molecule has 0 amide bonds. The van der Waals surface area contributed by atoms with E-state index in [1.54, 1.807) is 6.07 Å². The molecule has 0 radical (unpaired) electrons. The van der Waals surface area contributed by atoms with Crippen molar-refractivity contribution in [2.24, 2.45) is 0 Å². The van der Waals surface area contributed by atoms with Gasteiger partial charge in [-0.15, -0.1) is 0 Å². The summed E-state index contributed by atoms with van der Waals surface area (Å²) in [5, 5.41) is 14.3. The highest BCUT2D eigenvalue weighted by Gasteiger charge is 2.11. The monoisotopic (exact) mass is 307 g/mol. The number of non-ortho nitro benzene ring substituents is 1. The predicted molar refractivity (Wildman–Crippen MR) is 85.0 cm³/mol. The number of hydrogen-bond donors (Lipinski definition) is 1. The third-order valence-electron chi connectivity index (χ3n) is 3.63. The van der Waals surface area contributed by atoms with E-state index in [0.717, 1.165) is 6.54 Å². The second-order valence-corrected chi connectivity index (χ2v) is 5.32. The summed E-state index contributed by atoms with van der Waals surface area (Å²) in [5.41, 5.74) is 4.34. The third-order valence-corrected chi connectivity index (χ3v) is 3.94. The molecular weight excluding hydrogens is 290 g/mol. The molecule has 0 fully saturated rings. The molecule has 0 bridgehead atoms. The van der Waals surface area contributed by atoms with Gasteiger partial charge in [-0.2, -0.15) is 0 Å². The lowest BCUT2D eigenvalue weighted by molar-refractivity contribution is -0.384. The number of nitrogens with one attached hydrogen (secondary N) is 1. The van der Waals surface area contributed by atoms with Gasteiger partial charge in [-0.05, 0) is 38.5 Å². The van der Waals surface area contributed by atoms with Crippen molar-refractivity contribution >= 4 is 23.0 Å². The summed E-state index contributed by atoms with van der Waals surface area (Å²) in [4.78, 5) is 10.2. The number of benzene rings is 1. The fourth-order valence-electron chi connectivity index (χ4n) is 2.49. The Labute approximate surface area is 128 Å². The molecule has 0 aliphatic rings. The van der Waals surface area contributed by atoms with E-state index in [2.05, 4.69) is 36.7 Å². The molecule has 1 heterocycles. The zero-order valence-electron chi connectivity index (χ0n) is 12.3. The number of aryl methyl sites for hydroxylation is 1. The van der Waals surface area contributed by atoms with E-state index in [4.69, 9.17) is 11.6 Å². The average molecular weight is 308 g/mol. The molecule has 0 aliphatic carbocycles. The van der Waals surface area contributed by atoms with Gasteiger partial charge in [0.05, 0.1) is 15.6 Å². The first-order valence-corrected chi connectivity index (χ1v) is 7.15. The number of hydrogen-bond acceptors (Lipinski definition) is 3. The van der Waals surface area contributed by atoms with E-state index in [1.165, 1.54) is 29.1 Å². The Morgan fingerprint density at radius 1 is 1.33 bits per heavy atom. The average Bonchev–Trinajstić information content (AvgIpc) is 2.71. The standard InChI is InChI=1S/C15H18ClN3O2/c1-4-18-10(2)7-12(11(18)3)9-17-15-6-5-13(19(20)21)8-14(15)16/h5-8,17H,4,9H2,1-3H3. The summed E-state index contributed by atoms with van der Waals surface area (Å²) < 4.78 is 2.24. The molecule has 1 aromatic heterocycles. The number of aromatic nitrogens is 1. The van der Waals surface area contributed by atoms with Crippen LogP contribution >= 0.6 is 11.6 Å². The zero-order valence-corrected chi connectivity index (χ0v) is 13.1. The minimum Gasteiger partial charge on any atom is -0.380 e. The van der Waals surface area contributed by atoms with Crippen LogP contribution in [-0.4, -0.2) is 9.49 Å². The molecular formula is C15H18ClN3O2. The van der Waals surface area contributed by atoms with Crippen LogP contribution < -0.4 is 5.32 Å². The second-order valence-electron chi connectivity index (χ2n) is 4.92. The van der Waals surface area contributed by atoms with Crippen LogP contribution in [0.15, 0.2) is 24.3 Å². The zero-order chi connectivity index (χ0) is 15.6. The van der Waals surface area contributed by atoms with Gasteiger partial charge in [0, 0.05) is 36.6 Å². The maximum Gasteiger partial charge on any atom is 0.271 e. The van der Waals surface area contributed by atoms with Crippen molar-refractivity contribution in [3.8, 4) is 0 Å². The summed E-state index contributed by atoms with van der Waals surface area (Å²) in [6.07, 6.45) is 0. The van der Waals surface area contributed by atoms with Gasteiger partial charge in [0.15, 0.2) is 0 Å². The van der Waals surface area contributed by atoms with E-state index in [0.29, 0.717) is 17.3 Å². The highest BCUT2D eigenvalue weighted by molar-refractivity contribution is 6.33. The number of halogens is 1. The molecule has 5 nitrogen and oxygen atoms in total. The Morgan fingerprint density at radius 2 is 2.05 bits per heavy atom. The topological polar surface area (TPSA) is 60.1 Å². The summed E-state index contributed by atoms with van der Waals surface area (Å²) in [6, 6.07) is 6.59. The number of nitro groups is 1. The Kier molecular flexibility index (Phi) is 4.53. The minimum absolute atomic E-state index is 0.00490. The molecule has 1 aromatic carbocycles. The van der Waals surface area contributed by atoms with Crippen molar-refractivity contribution in [1.29, 1.82) is 0 Å². The van der Waals surface area contributed by atoms with Gasteiger partial charge in [0.25, 0.3) is 5.69 Å². The largest absolute Gasteiger partial charge is 0.380 e. The first kappa shape index (κ1) is 15.4. The van der Waals surface area contributed by atoms with Gasteiger partial charge in [0.2, 0.25) is 0 Å². The lowest BCUT2D eigenvalue weighted by Gasteiger charge is -2.09. The molecule has 1 N–H and O–H groups in total. The van der Waals surface area contributed by atoms with Gasteiger partial charge in [-0.3, -0.25) is 10.1 Å². The Morgan fingerprint density at radius 3 is 2.57 bits per heavy atom. The van der Waals surface area contributed by atoms with Crippen LogP contribution in [0.4, 0.5) is 11.4 Å². The summed E-state index contributed by atoms with van der Waals surface area (Å²) in [5.74, 6) is 0. The minimum atomic E-state index is -0.454. The maximum atomic E-state index is 10.7. The highest BCUT2D eigenvalue weighted by Crippen LogP contribution is 2.27. The number of anilines is 1. The highest BCUT2D eigenvalue weighted by atomic mass is 35.5. The summed E-state index contributed by atoms with van der Waals surface area (Å²) in [6.45, 7) is 7.86.